The Morgan fingerprint density at radius 1 is 1.00 bits per heavy atom. The number of nitrogens with zero attached hydrogens (tertiary/aromatic N) is 2. The molecule has 2 aliphatic rings. The highest BCUT2D eigenvalue weighted by Gasteiger charge is 2.32. The zero-order valence-electron chi connectivity index (χ0n) is 16.3. The average Bonchev–Trinajstić information content (AvgIpc) is 3.15. The maximum Gasteiger partial charge on any atom is 0.414 e. The van der Waals surface area contributed by atoms with Gasteiger partial charge in [-0.2, -0.15) is 0 Å². The fourth-order valence-electron chi connectivity index (χ4n) is 3.57. The first-order chi connectivity index (χ1) is 14.2. The number of para-hydroxylation sites is 1. The van der Waals surface area contributed by atoms with Crippen molar-refractivity contribution in [3.05, 3.63) is 60.2 Å². The third-order valence-corrected chi connectivity index (χ3v) is 5.15. The number of hydrogen-bond acceptors (Lipinski definition) is 5. The number of carbonyl (C=O) groups is 2. The van der Waals surface area contributed by atoms with Crippen molar-refractivity contribution in [3.8, 4) is 0 Å². The van der Waals surface area contributed by atoms with Crippen molar-refractivity contribution >= 4 is 23.4 Å². The van der Waals surface area contributed by atoms with Crippen molar-refractivity contribution in [2.24, 2.45) is 0 Å². The van der Waals surface area contributed by atoms with Gasteiger partial charge < -0.3 is 19.7 Å². The fraction of sp³-hybridized carbons (Fsp3) is 0.364. The molecule has 2 saturated heterocycles. The lowest BCUT2D eigenvalue weighted by atomic mass is 10.1. The van der Waals surface area contributed by atoms with E-state index in [4.69, 9.17) is 9.47 Å². The highest BCUT2D eigenvalue weighted by Crippen LogP contribution is 2.21. The Hall–Kier alpha value is -3.06. The maximum atomic E-state index is 12.3. The Balaban J connectivity index is 1.24. The van der Waals surface area contributed by atoms with E-state index >= 15 is 0 Å². The van der Waals surface area contributed by atoms with E-state index < -0.39 is 0 Å². The molecule has 0 aromatic heterocycles. The number of ether oxygens (including phenoxy) is 2. The maximum absolute atomic E-state index is 12.3. The Morgan fingerprint density at radius 3 is 2.45 bits per heavy atom. The summed E-state index contributed by atoms with van der Waals surface area (Å²) in [6.45, 7) is 4.01. The van der Waals surface area contributed by atoms with Gasteiger partial charge in [-0.25, -0.2) is 4.79 Å². The molecule has 7 nitrogen and oxygen atoms in total. The lowest BCUT2D eigenvalue weighted by molar-refractivity contribution is -0.120. The molecular weight excluding hydrogens is 370 g/mol. The van der Waals surface area contributed by atoms with Crippen molar-refractivity contribution in [1.29, 1.82) is 0 Å². The van der Waals surface area contributed by atoms with Gasteiger partial charge in [0.25, 0.3) is 0 Å². The summed E-state index contributed by atoms with van der Waals surface area (Å²) in [6, 6.07) is 17.4. The minimum absolute atomic E-state index is 0.0849. The van der Waals surface area contributed by atoms with Gasteiger partial charge in [0.05, 0.1) is 32.7 Å². The third kappa shape index (κ3) is 4.86. The Bertz CT molecular complexity index is 835. The van der Waals surface area contributed by atoms with Crippen LogP contribution in [-0.4, -0.2) is 57.5 Å². The fourth-order valence-corrected chi connectivity index (χ4v) is 3.57. The van der Waals surface area contributed by atoms with E-state index in [0.717, 1.165) is 43.2 Å². The molecule has 152 valence electrons. The van der Waals surface area contributed by atoms with Gasteiger partial charge >= 0.3 is 6.09 Å². The molecule has 0 aliphatic carbocycles. The number of morpholine rings is 1. The average molecular weight is 395 g/mol. The molecule has 2 fully saturated rings. The van der Waals surface area contributed by atoms with Crippen LogP contribution >= 0.6 is 0 Å². The van der Waals surface area contributed by atoms with E-state index in [1.807, 2.05) is 54.6 Å². The van der Waals surface area contributed by atoms with Crippen LogP contribution in [0.3, 0.4) is 0 Å². The molecular formula is C22H25N3O4. The summed E-state index contributed by atoms with van der Waals surface area (Å²) >= 11 is 0. The lowest BCUT2D eigenvalue weighted by Gasteiger charge is -2.28. The van der Waals surface area contributed by atoms with E-state index in [0.29, 0.717) is 19.5 Å². The first kappa shape index (κ1) is 19.3. The first-order valence-electron chi connectivity index (χ1n) is 9.90. The number of hydrogen-bond donors (Lipinski definition) is 1. The second kappa shape index (κ2) is 8.96. The quantitative estimate of drug-likeness (QED) is 0.812. The van der Waals surface area contributed by atoms with Crippen molar-refractivity contribution in [2.45, 2.75) is 12.5 Å². The SMILES string of the molecule is O=C(Cc1ccc(N2CCOCC2)cc1)NCC1CN(c2ccccc2)C(=O)O1. The molecule has 2 amide bonds. The summed E-state index contributed by atoms with van der Waals surface area (Å²) in [5.41, 5.74) is 2.90. The monoisotopic (exact) mass is 395 g/mol. The van der Waals surface area contributed by atoms with Gasteiger partial charge in [-0.05, 0) is 29.8 Å². The number of amides is 2. The molecule has 0 saturated carbocycles. The molecule has 1 atom stereocenters. The zero-order valence-corrected chi connectivity index (χ0v) is 16.3. The molecule has 2 aromatic rings. The molecule has 0 spiro atoms. The summed E-state index contributed by atoms with van der Waals surface area (Å²) in [4.78, 5) is 28.2. The second-order valence-corrected chi connectivity index (χ2v) is 7.20. The van der Waals surface area contributed by atoms with Crippen LogP contribution < -0.4 is 15.1 Å². The smallest absolute Gasteiger partial charge is 0.414 e. The van der Waals surface area contributed by atoms with Crippen molar-refractivity contribution in [1.82, 2.24) is 5.32 Å². The topological polar surface area (TPSA) is 71.1 Å². The van der Waals surface area contributed by atoms with Gasteiger partial charge in [-0.3, -0.25) is 9.69 Å². The summed E-state index contributed by atoms with van der Waals surface area (Å²) in [5, 5.41) is 2.87. The minimum atomic E-state index is -0.380. The van der Waals surface area contributed by atoms with E-state index in [-0.39, 0.29) is 18.1 Å². The summed E-state index contributed by atoms with van der Waals surface area (Å²) in [6.07, 6.45) is -0.434. The molecule has 2 heterocycles. The predicted octanol–water partition coefficient (Wildman–Crippen LogP) is 2.21. The number of nitrogens with one attached hydrogen (secondary N) is 1. The van der Waals surface area contributed by atoms with Gasteiger partial charge in [0.15, 0.2) is 0 Å². The van der Waals surface area contributed by atoms with Crippen LogP contribution in [-0.2, 0) is 20.7 Å². The van der Waals surface area contributed by atoms with E-state index in [9.17, 15) is 9.59 Å². The largest absolute Gasteiger partial charge is 0.442 e. The predicted molar refractivity (Wildman–Crippen MR) is 110 cm³/mol. The number of rotatable bonds is 6. The van der Waals surface area contributed by atoms with E-state index in [1.165, 1.54) is 0 Å². The van der Waals surface area contributed by atoms with E-state index in [1.54, 1.807) is 4.90 Å². The van der Waals surface area contributed by atoms with Gasteiger partial charge in [-0.1, -0.05) is 30.3 Å². The standard InChI is InChI=1S/C22H25N3O4/c26-21(14-17-6-8-18(9-7-17)24-10-12-28-13-11-24)23-15-20-16-25(22(27)29-20)19-4-2-1-3-5-19/h1-9,20H,10-16H2,(H,23,26). The van der Waals surface area contributed by atoms with Gasteiger partial charge in [-0.15, -0.1) is 0 Å². The normalized spacial score (nSPS) is 19.2. The molecule has 29 heavy (non-hydrogen) atoms. The highest BCUT2D eigenvalue weighted by atomic mass is 16.6. The Kier molecular flexibility index (Phi) is 5.95. The molecule has 1 unspecified atom stereocenters. The van der Waals surface area contributed by atoms with Crippen LogP contribution in [0.1, 0.15) is 5.56 Å². The molecule has 2 aliphatic heterocycles. The zero-order chi connectivity index (χ0) is 20.1. The van der Waals surface area contributed by atoms with Crippen molar-refractivity contribution in [3.63, 3.8) is 0 Å². The summed E-state index contributed by atoms with van der Waals surface area (Å²) in [5.74, 6) is -0.0849. The molecule has 0 radical (unpaired) electrons. The van der Waals surface area contributed by atoms with Gasteiger partial charge in [0.1, 0.15) is 6.10 Å². The van der Waals surface area contributed by atoms with Crippen LogP contribution in [0.2, 0.25) is 0 Å². The van der Waals surface area contributed by atoms with Crippen LogP contribution in [0.5, 0.6) is 0 Å². The lowest BCUT2D eigenvalue weighted by Crippen LogP contribution is -2.36. The molecule has 7 heteroatoms. The number of cyclic esters (lactones) is 1. The van der Waals surface area contributed by atoms with Gasteiger partial charge in [0, 0.05) is 24.5 Å². The number of anilines is 2. The van der Waals surface area contributed by atoms with Crippen molar-refractivity contribution < 1.29 is 19.1 Å². The molecule has 4 rings (SSSR count). The van der Waals surface area contributed by atoms with Crippen LogP contribution in [0.25, 0.3) is 0 Å². The minimum Gasteiger partial charge on any atom is -0.442 e. The molecule has 2 aromatic carbocycles. The van der Waals surface area contributed by atoms with Crippen molar-refractivity contribution in [2.75, 3.05) is 49.2 Å². The number of benzene rings is 2. The second-order valence-electron chi connectivity index (χ2n) is 7.20. The van der Waals surface area contributed by atoms with Crippen LogP contribution in [0.4, 0.5) is 16.2 Å². The molecule has 1 N–H and O–H groups in total. The van der Waals surface area contributed by atoms with Crippen LogP contribution in [0.15, 0.2) is 54.6 Å². The highest BCUT2D eigenvalue weighted by molar-refractivity contribution is 5.89. The number of carbonyl (C=O) groups excluding carboxylic acids is 2. The first-order valence-corrected chi connectivity index (χ1v) is 9.90. The summed E-state index contributed by atoms with van der Waals surface area (Å²) < 4.78 is 10.7. The summed E-state index contributed by atoms with van der Waals surface area (Å²) in [7, 11) is 0. The van der Waals surface area contributed by atoms with Crippen LogP contribution in [0, 0.1) is 0 Å². The third-order valence-electron chi connectivity index (χ3n) is 5.15. The van der Waals surface area contributed by atoms with Gasteiger partial charge in [0.2, 0.25) is 5.91 Å². The van der Waals surface area contributed by atoms with E-state index in [2.05, 4.69) is 10.2 Å². The Labute approximate surface area is 170 Å². The molecule has 0 bridgehead atoms. The Morgan fingerprint density at radius 2 is 1.72 bits per heavy atom.